The maximum absolute atomic E-state index is 12.6. The van der Waals surface area contributed by atoms with E-state index in [2.05, 4.69) is 15.3 Å². The molecule has 2 heterocycles. The number of hydrogen-bond acceptors (Lipinski definition) is 4. The molecule has 1 atom stereocenters. The fraction of sp³-hybridized carbons (Fsp3) is 0.421. The number of hydrogen-bond donors (Lipinski definition) is 3. The number of aliphatic hydroxyl groups is 1. The van der Waals surface area contributed by atoms with Crippen LogP contribution < -0.4 is 10.9 Å². The van der Waals surface area contributed by atoms with Gasteiger partial charge in [0.05, 0.1) is 6.10 Å². The number of aryl methyl sites for hydroxylation is 1. The number of pyridine rings is 2. The molecule has 1 saturated carbocycles. The number of aromatic nitrogens is 2. The molecule has 0 radical (unpaired) electrons. The van der Waals surface area contributed by atoms with E-state index in [4.69, 9.17) is 0 Å². The van der Waals surface area contributed by atoms with Gasteiger partial charge in [0.2, 0.25) is 5.56 Å². The molecule has 0 spiro atoms. The highest BCUT2D eigenvalue weighted by molar-refractivity contribution is 5.94. The number of carbonyl (C=O) groups is 1. The van der Waals surface area contributed by atoms with Gasteiger partial charge in [0.15, 0.2) is 0 Å². The van der Waals surface area contributed by atoms with Crippen LogP contribution in [0, 0.1) is 5.92 Å². The summed E-state index contributed by atoms with van der Waals surface area (Å²) in [7, 11) is 0. The van der Waals surface area contributed by atoms with E-state index in [0.717, 1.165) is 11.4 Å². The molecule has 0 saturated heterocycles. The van der Waals surface area contributed by atoms with Crippen molar-refractivity contribution in [3.8, 4) is 0 Å². The first-order valence-corrected chi connectivity index (χ1v) is 8.67. The van der Waals surface area contributed by atoms with Gasteiger partial charge in [-0.1, -0.05) is 13.0 Å². The lowest BCUT2D eigenvalue weighted by Gasteiger charge is -2.38. The molecule has 3 N–H and O–H groups in total. The van der Waals surface area contributed by atoms with Crippen molar-refractivity contribution in [1.82, 2.24) is 15.3 Å². The molecule has 2 aromatic heterocycles. The van der Waals surface area contributed by atoms with E-state index in [9.17, 15) is 14.7 Å². The van der Waals surface area contributed by atoms with Gasteiger partial charge in [-0.15, -0.1) is 0 Å². The third-order valence-electron chi connectivity index (χ3n) is 4.73. The highest BCUT2D eigenvalue weighted by atomic mass is 16.3. The van der Waals surface area contributed by atoms with E-state index < -0.39 is 0 Å². The van der Waals surface area contributed by atoms with E-state index in [1.54, 1.807) is 12.3 Å². The van der Waals surface area contributed by atoms with Gasteiger partial charge in [-0.3, -0.25) is 14.6 Å². The Morgan fingerprint density at radius 2 is 2.20 bits per heavy atom. The van der Waals surface area contributed by atoms with Crippen LogP contribution >= 0.6 is 0 Å². The van der Waals surface area contributed by atoms with Crippen LogP contribution in [0.4, 0.5) is 0 Å². The Hall–Kier alpha value is -2.47. The largest absolute Gasteiger partial charge is 0.393 e. The van der Waals surface area contributed by atoms with E-state index >= 15 is 0 Å². The molecule has 1 amide bonds. The first kappa shape index (κ1) is 17.4. The Morgan fingerprint density at radius 3 is 2.84 bits per heavy atom. The summed E-state index contributed by atoms with van der Waals surface area (Å²) >= 11 is 0. The number of nitrogens with zero attached hydrogens (tertiary/aromatic N) is 1. The van der Waals surface area contributed by atoms with Gasteiger partial charge in [-0.2, -0.15) is 0 Å². The van der Waals surface area contributed by atoms with Crippen molar-refractivity contribution in [2.45, 2.75) is 44.8 Å². The van der Waals surface area contributed by atoms with Crippen LogP contribution in [-0.2, 0) is 12.8 Å². The normalized spacial score (nSPS) is 20.6. The number of amides is 1. The predicted octanol–water partition coefficient (Wildman–Crippen LogP) is 1.44. The summed E-state index contributed by atoms with van der Waals surface area (Å²) in [5, 5.41) is 12.7. The Bertz CT molecular complexity index is 782. The third-order valence-corrected chi connectivity index (χ3v) is 4.73. The minimum atomic E-state index is -0.292. The minimum absolute atomic E-state index is 0.116. The number of aliphatic hydroxyl groups excluding tert-OH is 1. The lowest BCUT2D eigenvalue weighted by Crippen LogP contribution is -2.48. The van der Waals surface area contributed by atoms with Gasteiger partial charge < -0.3 is 15.4 Å². The van der Waals surface area contributed by atoms with Crippen molar-refractivity contribution in [2.75, 3.05) is 0 Å². The first-order valence-electron chi connectivity index (χ1n) is 8.67. The number of nitrogens with one attached hydrogen (secondary N) is 2. The second-order valence-corrected chi connectivity index (χ2v) is 6.60. The molecule has 1 aliphatic rings. The van der Waals surface area contributed by atoms with Gasteiger partial charge in [0.1, 0.15) is 0 Å². The van der Waals surface area contributed by atoms with Crippen molar-refractivity contribution < 1.29 is 9.90 Å². The molecule has 6 heteroatoms. The van der Waals surface area contributed by atoms with Crippen molar-refractivity contribution in [3.05, 3.63) is 63.8 Å². The van der Waals surface area contributed by atoms with Gasteiger partial charge in [0.25, 0.3) is 5.91 Å². The Labute approximate surface area is 146 Å². The number of carbonyl (C=O) groups excluding carboxylic acids is 1. The third kappa shape index (κ3) is 4.33. The highest BCUT2D eigenvalue weighted by Gasteiger charge is 2.35. The second-order valence-electron chi connectivity index (χ2n) is 6.60. The van der Waals surface area contributed by atoms with Crippen LogP contribution in [0.3, 0.4) is 0 Å². The maximum Gasteiger partial charge on any atom is 0.251 e. The minimum Gasteiger partial charge on any atom is -0.393 e. The van der Waals surface area contributed by atoms with E-state index in [1.807, 2.05) is 25.1 Å². The summed E-state index contributed by atoms with van der Waals surface area (Å²) < 4.78 is 0. The SMILES string of the molecule is CCc1cc(C(=O)N[C@@H](Cc2ccccn2)C2CC(O)C2)cc(=O)[nH]1. The number of rotatable bonds is 6. The van der Waals surface area contributed by atoms with Crippen LogP contribution in [-0.4, -0.2) is 33.1 Å². The molecule has 3 rings (SSSR count). The second kappa shape index (κ2) is 7.61. The topological polar surface area (TPSA) is 95.1 Å². The number of aromatic amines is 1. The van der Waals surface area contributed by atoms with Crippen LogP contribution in [0.1, 0.15) is 41.5 Å². The molecular weight excluding hydrogens is 318 g/mol. The smallest absolute Gasteiger partial charge is 0.251 e. The molecule has 0 aliphatic heterocycles. The van der Waals surface area contributed by atoms with Crippen molar-refractivity contribution in [3.63, 3.8) is 0 Å². The zero-order chi connectivity index (χ0) is 17.8. The van der Waals surface area contributed by atoms with Gasteiger partial charge in [-0.05, 0) is 43.4 Å². The Kier molecular flexibility index (Phi) is 5.28. The van der Waals surface area contributed by atoms with E-state index in [-0.39, 0.29) is 29.5 Å². The molecule has 25 heavy (non-hydrogen) atoms. The van der Waals surface area contributed by atoms with Crippen molar-refractivity contribution in [1.29, 1.82) is 0 Å². The summed E-state index contributed by atoms with van der Waals surface area (Å²) in [5.74, 6) is -0.0447. The number of H-pyrrole nitrogens is 1. The lowest BCUT2D eigenvalue weighted by atomic mass is 9.76. The quantitative estimate of drug-likeness (QED) is 0.741. The fourth-order valence-electron chi connectivity index (χ4n) is 3.21. The van der Waals surface area contributed by atoms with Crippen LogP contribution in [0.25, 0.3) is 0 Å². The van der Waals surface area contributed by atoms with Gasteiger partial charge in [-0.25, -0.2) is 0 Å². The van der Waals surface area contributed by atoms with E-state index in [1.165, 1.54) is 6.07 Å². The van der Waals surface area contributed by atoms with Gasteiger partial charge in [0, 0.05) is 41.7 Å². The van der Waals surface area contributed by atoms with Crippen LogP contribution in [0.2, 0.25) is 0 Å². The van der Waals surface area contributed by atoms with Crippen LogP contribution in [0.15, 0.2) is 41.3 Å². The summed E-state index contributed by atoms with van der Waals surface area (Å²) in [5.41, 5.74) is 1.73. The first-order chi connectivity index (χ1) is 12.0. The summed E-state index contributed by atoms with van der Waals surface area (Å²) in [4.78, 5) is 31.4. The van der Waals surface area contributed by atoms with Crippen molar-refractivity contribution >= 4 is 5.91 Å². The average molecular weight is 341 g/mol. The Balaban J connectivity index is 1.76. The standard InChI is InChI=1S/C19H23N3O3/c1-2-14-7-13(10-18(24)21-14)19(25)22-17(12-8-16(23)9-12)11-15-5-3-4-6-20-15/h3-7,10,12,16-17,23H,2,8-9,11H2,1H3,(H,21,24)(H,22,25)/t12?,16?,17-/m0/s1. The molecule has 0 aromatic carbocycles. The summed E-state index contributed by atoms with van der Waals surface area (Å²) in [6.45, 7) is 1.92. The summed E-state index contributed by atoms with van der Waals surface area (Å²) in [6, 6.07) is 8.62. The molecule has 6 nitrogen and oxygen atoms in total. The zero-order valence-electron chi connectivity index (χ0n) is 14.2. The molecule has 132 valence electrons. The maximum atomic E-state index is 12.6. The lowest BCUT2D eigenvalue weighted by molar-refractivity contribution is 0.0238. The molecule has 1 aliphatic carbocycles. The predicted molar refractivity (Wildman–Crippen MR) is 94.4 cm³/mol. The molecule has 0 unspecified atom stereocenters. The monoisotopic (exact) mass is 341 g/mol. The molecular formula is C19H23N3O3. The van der Waals surface area contributed by atoms with E-state index in [0.29, 0.717) is 31.2 Å². The summed E-state index contributed by atoms with van der Waals surface area (Å²) in [6.07, 6.45) is 4.05. The molecule has 2 aromatic rings. The van der Waals surface area contributed by atoms with Crippen LogP contribution in [0.5, 0.6) is 0 Å². The van der Waals surface area contributed by atoms with Crippen molar-refractivity contribution in [2.24, 2.45) is 5.92 Å². The molecule has 0 bridgehead atoms. The Morgan fingerprint density at radius 1 is 1.40 bits per heavy atom. The zero-order valence-corrected chi connectivity index (χ0v) is 14.2. The van der Waals surface area contributed by atoms with Gasteiger partial charge >= 0.3 is 0 Å². The highest BCUT2D eigenvalue weighted by Crippen LogP contribution is 2.31. The fourth-order valence-corrected chi connectivity index (χ4v) is 3.21. The average Bonchev–Trinajstić information content (AvgIpc) is 2.58. The molecule has 1 fully saturated rings.